The van der Waals surface area contributed by atoms with Gasteiger partial charge in [-0.05, 0) is 48.4 Å². The number of benzene rings is 2. The van der Waals surface area contributed by atoms with Crippen molar-refractivity contribution in [2.75, 3.05) is 44.8 Å². The van der Waals surface area contributed by atoms with Gasteiger partial charge in [-0.15, -0.1) is 12.4 Å². The quantitative estimate of drug-likeness (QED) is 0.316. The summed E-state index contributed by atoms with van der Waals surface area (Å²) < 4.78 is 11.4. The van der Waals surface area contributed by atoms with Gasteiger partial charge in [0, 0.05) is 36.4 Å². The number of nitrogens with two attached hydrogens (primary N) is 1. The van der Waals surface area contributed by atoms with Gasteiger partial charge in [-0.25, -0.2) is 4.79 Å². The molecule has 0 bridgehead atoms. The predicted octanol–water partition coefficient (Wildman–Crippen LogP) is 2.90. The van der Waals surface area contributed by atoms with Crippen molar-refractivity contribution in [3.8, 4) is 5.75 Å². The minimum atomic E-state index is -0.998. The number of nitrogens with zero attached hydrogens (tertiary/aromatic N) is 1. The van der Waals surface area contributed by atoms with Crippen molar-refractivity contribution in [3.63, 3.8) is 0 Å². The molecule has 1 unspecified atom stereocenters. The van der Waals surface area contributed by atoms with Crippen LogP contribution in [0.25, 0.3) is 0 Å². The van der Waals surface area contributed by atoms with Crippen LogP contribution in [0.4, 0.5) is 5.69 Å². The minimum Gasteiger partial charge on any atom is -0.492 e. The number of aryl methyl sites for hydroxylation is 1. The largest absolute Gasteiger partial charge is 0.492 e. The van der Waals surface area contributed by atoms with Gasteiger partial charge in [-0.1, -0.05) is 13.0 Å². The van der Waals surface area contributed by atoms with E-state index in [2.05, 4.69) is 10.2 Å². The average Bonchev–Trinajstić information content (AvgIpc) is 2.78. The third-order valence-corrected chi connectivity index (χ3v) is 5.32. The van der Waals surface area contributed by atoms with Crippen LogP contribution in [-0.4, -0.2) is 61.3 Å². The molecule has 1 atom stereocenters. The number of amidine groups is 1. The number of nitrogens with one attached hydrogen (secondary N) is 2. The van der Waals surface area contributed by atoms with E-state index < -0.39 is 12.0 Å². The van der Waals surface area contributed by atoms with E-state index in [4.69, 9.17) is 20.6 Å². The van der Waals surface area contributed by atoms with Crippen molar-refractivity contribution in [3.05, 3.63) is 59.2 Å². The molecule has 0 amide bonds. The van der Waals surface area contributed by atoms with E-state index in [1.54, 1.807) is 24.3 Å². The summed E-state index contributed by atoms with van der Waals surface area (Å²) in [6, 6.07) is 11.5. The minimum absolute atomic E-state index is 0. The van der Waals surface area contributed by atoms with Crippen molar-refractivity contribution in [1.29, 1.82) is 5.41 Å². The van der Waals surface area contributed by atoms with Crippen molar-refractivity contribution >= 4 is 29.9 Å². The number of carboxylic acid groups (broad SMARTS) is 1. The number of hydrogen-bond acceptors (Lipinski definition) is 6. The Labute approximate surface area is 194 Å². The second kappa shape index (κ2) is 12.3. The number of hydrogen-bond donors (Lipinski definition) is 4. The van der Waals surface area contributed by atoms with Crippen molar-refractivity contribution in [1.82, 2.24) is 4.90 Å². The van der Waals surface area contributed by atoms with Gasteiger partial charge in [0.2, 0.25) is 0 Å². The van der Waals surface area contributed by atoms with Crippen LogP contribution in [0.15, 0.2) is 42.5 Å². The molecule has 5 N–H and O–H groups in total. The number of rotatable bonds is 10. The van der Waals surface area contributed by atoms with Gasteiger partial charge in [-0.2, -0.15) is 0 Å². The maximum absolute atomic E-state index is 12.2. The Morgan fingerprint density at radius 2 is 1.94 bits per heavy atom. The molecule has 8 nitrogen and oxygen atoms in total. The molecule has 1 fully saturated rings. The summed E-state index contributed by atoms with van der Waals surface area (Å²) >= 11 is 0. The van der Waals surface area contributed by atoms with Gasteiger partial charge in [-0.3, -0.25) is 10.3 Å². The molecule has 174 valence electrons. The van der Waals surface area contributed by atoms with E-state index in [0.29, 0.717) is 29.2 Å². The van der Waals surface area contributed by atoms with E-state index >= 15 is 0 Å². The Morgan fingerprint density at radius 3 is 2.53 bits per heavy atom. The zero-order chi connectivity index (χ0) is 22.2. The summed E-state index contributed by atoms with van der Waals surface area (Å²) in [6.45, 7) is 6.46. The number of ether oxygens (including phenoxy) is 2. The Kier molecular flexibility index (Phi) is 9.77. The summed E-state index contributed by atoms with van der Waals surface area (Å²) in [5, 5.41) is 20.5. The Balaban J connectivity index is 0.00000363. The number of nitrogen functional groups attached to an aromatic ring is 1. The number of carboxylic acids is 1. The van der Waals surface area contributed by atoms with E-state index in [9.17, 15) is 9.90 Å². The first-order chi connectivity index (χ1) is 15.0. The molecule has 3 rings (SSSR count). The molecule has 0 aliphatic carbocycles. The molecule has 0 spiro atoms. The van der Waals surface area contributed by atoms with Gasteiger partial charge in [0.05, 0.1) is 13.2 Å². The van der Waals surface area contributed by atoms with Crippen LogP contribution in [0.1, 0.15) is 29.7 Å². The summed E-state index contributed by atoms with van der Waals surface area (Å²) in [7, 11) is 0. The molecule has 1 aliphatic heterocycles. The summed E-state index contributed by atoms with van der Waals surface area (Å²) in [5.41, 5.74) is 8.33. The lowest BCUT2D eigenvalue weighted by molar-refractivity contribution is -0.138. The van der Waals surface area contributed by atoms with Crippen LogP contribution >= 0.6 is 12.4 Å². The Bertz CT molecular complexity index is 901. The van der Waals surface area contributed by atoms with Crippen LogP contribution < -0.4 is 15.8 Å². The summed E-state index contributed by atoms with van der Waals surface area (Å²) in [5.74, 6) is -0.472. The van der Waals surface area contributed by atoms with Crippen LogP contribution in [-0.2, 0) is 16.0 Å². The highest BCUT2D eigenvalue weighted by atomic mass is 35.5. The SMILES string of the molecule is CCc1ccc(OCCN2CCOCC2)c(C(Nc2ccc(C(=N)N)cc2)C(=O)O)c1.Cl. The molecule has 9 heteroatoms. The number of anilines is 1. The molecule has 1 heterocycles. The fraction of sp³-hybridized carbons (Fsp3) is 0.391. The molecule has 2 aromatic carbocycles. The Hall–Kier alpha value is -2.81. The molecule has 1 saturated heterocycles. The first-order valence-electron chi connectivity index (χ1n) is 10.5. The van der Waals surface area contributed by atoms with Gasteiger partial charge in [0.25, 0.3) is 0 Å². The lowest BCUT2D eigenvalue weighted by Crippen LogP contribution is -2.38. The van der Waals surface area contributed by atoms with E-state index in [-0.39, 0.29) is 18.2 Å². The maximum atomic E-state index is 12.2. The van der Waals surface area contributed by atoms with Gasteiger partial charge in [0.15, 0.2) is 6.04 Å². The number of carbonyl (C=O) groups is 1. The van der Waals surface area contributed by atoms with Gasteiger partial charge < -0.3 is 25.6 Å². The predicted molar refractivity (Wildman–Crippen MR) is 127 cm³/mol. The van der Waals surface area contributed by atoms with Crippen LogP contribution in [0, 0.1) is 5.41 Å². The lowest BCUT2D eigenvalue weighted by atomic mass is 10.0. The zero-order valence-corrected chi connectivity index (χ0v) is 19.0. The maximum Gasteiger partial charge on any atom is 0.330 e. The van der Waals surface area contributed by atoms with Gasteiger partial charge in [0.1, 0.15) is 18.2 Å². The van der Waals surface area contributed by atoms with Crippen LogP contribution in [0.5, 0.6) is 5.75 Å². The summed E-state index contributed by atoms with van der Waals surface area (Å²) in [6.07, 6.45) is 0.792. The van der Waals surface area contributed by atoms with E-state index in [1.807, 2.05) is 25.1 Å². The number of aliphatic carboxylic acids is 1. The average molecular weight is 463 g/mol. The first-order valence-corrected chi connectivity index (χ1v) is 10.5. The lowest BCUT2D eigenvalue weighted by Gasteiger charge is -2.27. The smallest absolute Gasteiger partial charge is 0.330 e. The van der Waals surface area contributed by atoms with Crippen molar-refractivity contribution < 1.29 is 19.4 Å². The second-order valence-electron chi connectivity index (χ2n) is 7.43. The van der Waals surface area contributed by atoms with Gasteiger partial charge >= 0.3 is 5.97 Å². The van der Waals surface area contributed by atoms with E-state index in [1.165, 1.54) is 0 Å². The molecular weight excluding hydrogens is 432 g/mol. The molecule has 1 aliphatic rings. The highest BCUT2D eigenvalue weighted by Crippen LogP contribution is 2.30. The van der Waals surface area contributed by atoms with Crippen molar-refractivity contribution in [2.24, 2.45) is 5.73 Å². The molecule has 0 radical (unpaired) electrons. The Morgan fingerprint density at radius 1 is 1.25 bits per heavy atom. The van der Waals surface area contributed by atoms with Crippen molar-refractivity contribution in [2.45, 2.75) is 19.4 Å². The fourth-order valence-corrected chi connectivity index (χ4v) is 3.47. The third kappa shape index (κ3) is 6.85. The number of halogens is 1. The zero-order valence-electron chi connectivity index (χ0n) is 18.2. The molecule has 32 heavy (non-hydrogen) atoms. The third-order valence-electron chi connectivity index (χ3n) is 5.32. The molecule has 0 saturated carbocycles. The monoisotopic (exact) mass is 462 g/mol. The van der Waals surface area contributed by atoms with Crippen LogP contribution in [0.2, 0.25) is 0 Å². The second-order valence-corrected chi connectivity index (χ2v) is 7.43. The molecule has 0 aromatic heterocycles. The highest BCUT2D eigenvalue weighted by Gasteiger charge is 2.24. The molecular formula is C23H31ClN4O4. The standard InChI is InChI=1S/C23H30N4O4.ClH/c1-2-16-3-8-20(31-14-11-27-9-12-30-13-10-27)19(15-16)21(23(28)29)26-18-6-4-17(5-7-18)22(24)25;/h3-8,15,21,26H,2,9-14H2,1H3,(H3,24,25)(H,28,29);1H. The highest BCUT2D eigenvalue weighted by molar-refractivity contribution is 5.95. The van der Waals surface area contributed by atoms with E-state index in [0.717, 1.165) is 44.8 Å². The number of morpholine rings is 1. The first kappa shape index (κ1) is 25.5. The summed E-state index contributed by atoms with van der Waals surface area (Å²) in [4.78, 5) is 14.4. The topological polar surface area (TPSA) is 121 Å². The van der Waals surface area contributed by atoms with Crippen LogP contribution in [0.3, 0.4) is 0 Å². The normalized spacial score (nSPS) is 14.8. The molecule has 2 aromatic rings. The fourth-order valence-electron chi connectivity index (χ4n) is 3.47.